The van der Waals surface area contributed by atoms with Crippen LogP contribution in [0.15, 0.2) is 0 Å². The number of rotatable bonds is 28. The van der Waals surface area contributed by atoms with Crippen LogP contribution in [0, 0.1) is 0 Å². The third-order valence-corrected chi connectivity index (χ3v) is 7.40. The van der Waals surface area contributed by atoms with E-state index < -0.39 is 42.8 Å². The van der Waals surface area contributed by atoms with E-state index in [0.717, 1.165) is 51.9 Å². The molecule has 0 radical (unpaired) electrons. The number of halogens is 9. The zero-order valence-corrected chi connectivity index (χ0v) is 26.6. The predicted octanol–water partition coefficient (Wildman–Crippen LogP) is 5.58. The summed E-state index contributed by atoms with van der Waals surface area (Å²) < 4.78 is 116. The molecule has 268 valence electrons. The van der Waals surface area contributed by atoms with Gasteiger partial charge in [0.25, 0.3) is 0 Å². The monoisotopic (exact) mass is 691 g/mol. The second-order valence-corrected chi connectivity index (χ2v) is 11.3. The van der Waals surface area contributed by atoms with Crippen LogP contribution in [0.3, 0.4) is 0 Å². The second-order valence-electron chi connectivity index (χ2n) is 11.0. The first-order chi connectivity index (χ1) is 21.0. The number of hydrogen-bond acceptors (Lipinski definition) is 6. The Morgan fingerprint density at radius 3 is 1.62 bits per heavy atom. The van der Waals surface area contributed by atoms with Gasteiger partial charge in [0.15, 0.2) is 0 Å². The number of unbranched alkanes of at least 4 members (excludes halogenated alkanes) is 8. The number of carbonyl (C=O) groups excluding carboxylic acids is 2. The van der Waals surface area contributed by atoms with Crippen molar-refractivity contribution in [1.29, 1.82) is 0 Å². The number of alkyl halides is 9. The normalized spacial score (nSPS) is 13.6. The summed E-state index contributed by atoms with van der Waals surface area (Å²) in [5, 5.41) is 12.1. The molecule has 0 aromatic rings. The van der Waals surface area contributed by atoms with E-state index in [0.29, 0.717) is 51.6 Å². The van der Waals surface area contributed by atoms with E-state index in [2.05, 4.69) is 33.9 Å². The van der Waals surface area contributed by atoms with E-state index in [4.69, 9.17) is 5.73 Å². The van der Waals surface area contributed by atoms with Crippen molar-refractivity contribution >= 4 is 24.4 Å². The molecule has 0 aliphatic rings. The Balaban J connectivity index is 3.93. The van der Waals surface area contributed by atoms with Gasteiger partial charge >= 0.3 is 23.9 Å². The maximum Gasteiger partial charge on any atom is 0.460 e. The van der Waals surface area contributed by atoms with Gasteiger partial charge in [-0.1, -0.05) is 38.5 Å². The molecular formula is C28H50F9N5O2S. The fourth-order valence-corrected chi connectivity index (χ4v) is 4.50. The van der Waals surface area contributed by atoms with Crippen molar-refractivity contribution in [3.63, 3.8) is 0 Å². The van der Waals surface area contributed by atoms with E-state index in [1.54, 1.807) is 0 Å². The molecule has 0 bridgehead atoms. The molecule has 0 saturated carbocycles. The smallest absolute Gasteiger partial charge is 0.354 e. The zero-order chi connectivity index (χ0) is 34.4. The van der Waals surface area contributed by atoms with Gasteiger partial charge in [0.1, 0.15) is 6.04 Å². The van der Waals surface area contributed by atoms with Crippen LogP contribution in [0.25, 0.3) is 0 Å². The van der Waals surface area contributed by atoms with Crippen LogP contribution in [-0.4, -0.2) is 86.8 Å². The number of thiol groups is 1. The molecule has 2 amide bonds. The highest BCUT2D eigenvalue weighted by atomic mass is 32.1. The van der Waals surface area contributed by atoms with Gasteiger partial charge < -0.3 is 27.0 Å². The first-order valence-electron chi connectivity index (χ1n) is 15.5. The minimum absolute atomic E-state index is 0.0381. The second kappa shape index (κ2) is 23.0. The fourth-order valence-electron chi connectivity index (χ4n) is 4.24. The number of carbonyl (C=O) groups is 2. The van der Waals surface area contributed by atoms with Crippen LogP contribution in [-0.2, 0) is 9.59 Å². The van der Waals surface area contributed by atoms with E-state index in [-0.39, 0.29) is 30.4 Å². The van der Waals surface area contributed by atoms with Crippen molar-refractivity contribution in [3.05, 3.63) is 0 Å². The number of hydrogen-bond donors (Lipinski definition) is 6. The molecule has 0 fully saturated rings. The lowest BCUT2D eigenvalue weighted by Gasteiger charge is -2.33. The van der Waals surface area contributed by atoms with Gasteiger partial charge in [-0.25, -0.2) is 0 Å². The van der Waals surface area contributed by atoms with Gasteiger partial charge in [0.05, 0.1) is 0 Å². The molecular weight excluding hydrogens is 641 g/mol. The molecule has 7 nitrogen and oxygen atoms in total. The summed E-state index contributed by atoms with van der Waals surface area (Å²) in [7, 11) is 0. The Bertz CT molecular complexity index is 809. The highest BCUT2D eigenvalue weighted by molar-refractivity contribution is 7.80. The van der Waals surface area contributed by atoms with Crippen LogP contribution in [0.2, 0.25) is 0 Å². The summed E-state index contributed by atoms with van der Waals surface area (Å²) in [6.45, 7) is 4.65. The van der Waals surface area contributed by atoms with Crippen molar-refractivity contribution in [1.82, 2.24) is 21.3 Å². The Morgan fingerprint density at radius 2 is 1.11 bits per heavy atom. The van der Waals surface area contributed by atoms with Crippen LogP contribution in [0.1, 0.15) is 89.9 Å². The topological polar surface area (TPSA) is 108 Å². The predicted molar refractivity (Wildman–Crippen MR) is 159 cm³/mol. The summed E-state index contributed by atoms with van der Waals surface area (Å²) in [4.78, 5) is 24.5. The molecule has 0 heterocycles. The summed E-state index contributed by atoms with van der Waals surface area (Å²) in [6, 6.07) is -0.771. The van der Waals surface area contributed by atoms with Crippen molar-refractivity contribution in [2.24, 2.45) is 5.73 Å². The number of amides is 2. The SMILES string of the molecule is NCCCNCCCCNCCCNC(=O)C(CS)NC(=O)CCCCCCCCCCC(F)(F)C(F)(F)C(F)(F)C(F)(F)F. The van der Waals surface area contributed by atoms with Crippen molar-refractivity contribution in [2.75, 3.05) is 45.0 Å². The average molecular weight is 692 g/mol. The van der Waals surface area contributed by atoms with E-state index in [1.165, 1.54) is 0 Å². The first-order valence-corrected chi connectivity index (χ1v) is 16.2. The lowest BCUT2D eigenvalue weighted by molar-refractivity contribution is -0.396. The number of nitrogens with one attached hydrogen (secondary N) is 4. The molecule has 6 N–H and O–H groups in total. The van der Waals surface area contributed by atoms with Gasteiger partial charge in [0, 0.05) is 25.1 Å². The molecule has 1 unspecified atom stereocenters. The molecule has 0 rings (SSSR count). The van der Waals surface area contributed by atoms with Crippen LogP contribution < -0.4 is 27.0 Å². The highest BCUT2D eigenvalue weighted by Gasteiger charge is 2.81. The largest absolute Gasteiger partial charge is 0.460 e. The van der Waals surface area contributed by atoms with Gasteiger partial charge in [-0.05, 0) is 71.2 Å². The van der Waals surface area contributed by atoms with E-state index in [9.17, 15) is 49.1 Å². The summed E-state index contributed by atoms with van der Waals surface area (Å²) in [5.74, 6) is -19.4. The molecule has 0 aromatic carbocycles. The molecule has 1 atom stereocenters. The van der Waals surface area contributed by atoms with Crippen molar-refractivity contribution in [2.45, 2.75) is 120 Å². The zero-order valence-electron chi connectivity index (χ0n) is 25.7. The molecule has 0 aliphatic heterocycles. The van der Waals surface area contributed by atoms with E-state index >= 15 is 0 Å². The van der Waals surface area contributed by atoms with Crippen molar-refractivity contribution in [3.8, 4) is 0 Å². The quantitative estimate of drug-likeness (QED) is 0.0365. The lowest BCUT2D eigenvalue weighted by atomic mass is 9.97. The molecule has 17 heteroatoms. The third-order valence-electron chi connectivity index (χ3n) is 7.03. The maximum absolute atomic E-state index is 13.5. The number of nitrogens with two attached hydrogens (primary N) is 1. The molecule has 0 aromatic heterocycles. The molecule has 0 aliphatic carbocycles. The van der Waals surface area contributed by atoms with Crippen molar-refractivity contribution < 1.29 is 49.1 Å². The summed E-state index contributed by atoms with van der Waals surface area (Å²) >= 11 is 4.14. The third kappa shape index (κ3) is 17.3. The minimum Gasteiger partial charge on any atom is -0.354 e. The van der Waals surface area contributed by atoms with Crippen LogP contribution in [0.5, 0.6) is 0 Å². The standard InChI is InChI=1S/C28H50F9N5O2S/c29-25(30,26(31,32)27(33,34)28(35,36)37)14-8-6-4-2-1-3-5-7-13-23(43)42-22(21-45)24(44)41-20-12-19-40-17-10-9-16-39-18-11-15-38/h22,39-40,45H,1-21,38H2,(H,41,44)(H,42,43). The summed E-state index contributed by atoms with van der Waals surface area (Å²) in [6.07, 6.45) is -1.99. The molecule has 0 spiro atoms. The van der Waals surface area contributed by atoms with Gasteiger partial charge in [-0.15, -0.1) is 0 Å². The highest BCUT2D eigenvalue weighted by Crippen LogP contribution is 2.54. The van der Waals surface area contributed by atoms with E-state index in [1.807, 2.05) is 0 Å². The fraction of sp³-hybridized carbons (Fsp3) is 0.929. The lowest BCUT2D eigenvalue weighted by Crippen LogP contribution is -2.60. The molecule has 45 heavy (non-hydrogen) atoms. The Kier molecular flexibility index (Phi) is 22.2. The Hall–Kier alpha value is -1.46. The average Bonchev–Trinajstić information content (AvgIpc) is 2.96. The summed E-state index contributed by atoms with van der Waals surface area (Å²) in [5.41, 5.74) is 5.43. The molecule has 0 saturated heterocycles. The van der Waals surface area contributed by atoms with Crippen LogP contribution >= 0.6 is 12.6 Å². The maximum atomic E-state index is 13.5. The minimum atomic E-state index is -6.85. The Labute approximate surface area is 265 Å². The first kappa shape index (κ1) is 43.5. The Morgan fingerprint density at radius 1 is 0.622 bits per heavy atom. The van der Waals surface area contributed by atoms with Crippen LogP contribution in [0.4, 0.5) is 39.5 Å². The van der Waals surface area contributed by atoms with Gasteiger partial charge in [-0.3, -0.25) is 9.59 Å². The van der Waals surface area contributed by atoms with Gasteiger partial charge in [0.2, 0.25) is 11.8 Å². The van der Waals surface area contributed by atoms with Gasteiger partial charge in [-0.2, -0.15) is 52.1 Å².